The number of alkyl halides is 2. The van der Waals surface area contributed by atoms with E-state index in [2.05, 4.69) is 0 Å². The average molecular weight is 235 g/mol. The van der Waals surface area contributed by atoms with Crippen molar-refractivity contribution in [3.63, 3.8) is 0 Å². The van der Waals surface area contributed by atoms with Crippen LogP contribution in [0.3, 0.4) is 0 Å². The fourth-order valence-electron chi connectivity index (χ4n) is 1.51. The monoisotopic (exact) mass is 235 g/mol. The van der Waals surface area contributed by atoms with Crippen molar-refractivity contribution in [2.75, 3.05) is 0 Å². The summed E-state index contributed by atoms with van der Waals surface area (Å²) in [6.07, 6.45) is -0.554. The topological polar surface area (TPSA) is 43.1 Å². The lowest BCUT2D eigenvalue weighted by Gasteiger charge is -2.02. The minimum atomic E-state index is -3.04. The largest absolute Gasteiger partial charge is 0.307 e. The third kappa shape index (κ3) is 1.62. The Labute approximate surface area is 86.8 Å². The molecule has 2 rings (SSSR count). The van der Waals surface area contributed by atoms with Crippen LogP contribution in [-0.2, 0) is 0 Å². The third-order valence-electron chi connectivity index (χ3n) is 2.46. The van der Waals surface area contributed by atoms with Crippen LogP contribution in [0, 0.1) is 21.7 Å². The van der Waals surface area contributed by atoms with Crippen molar-refractivity contribution in [2.24, 2.45) is 0 Å². The van der Waals surface area contributed by atoms with Crippen LogP contribution in [0.2, 0.25) is 0 Å². The second-order valence-corrected chi connectivity index (χ2v) is 3.60. The highest BCUT2D eigenvalue weighted by atomic mass is 19.3. The Morgan fingerprint density at radius 2 is 1.88 bits per heavy atom. The van der Waals surface area contributed by atoms with E-state index >= 15 is 0 Å². The van der Waals surface area contributed by atoms with E-state index in [-0.39, 0.29) is 0 Å². The standard InChI is InChI=1S/C9H5F4NO2/c10-6-2-8(14(15)16)7(11)1-4(6)5-3-9(5,12)13/h1-2,5H,3H2. The van der Waals surface area contributed by atoms with Crippen LogP contribution in [0.4, 0.5) is 23.2 Å². The number of nitrogens with zero attached hydrogens (tertiary/aromatic N) is 1. The summed E-state index contributed by atoms with van der Waals surface area (Å²) in [7, 11) is 0. The molecule has 16 heavy (non-hydrogen) atoms. The van der Waals surface area contributed by atoms with Crippen LogP contribution in [0.5, 0.6) is 0 Å². The molecule has 1 aliphatic rings. The fourth-order valence-corrected chi connectivity index (χ4v) is 1.51. The summed E-state index contributed by atoms with van der Waals surface area (Å²) in [6, 6.07) is 0.804. The van der Waals surface area contributed by atoms with Gasteiger partial charge in [-0.15, -0.1) is 0 Å². The predicted molar refractivity (Wildman–Crippen MR) is 45.3 cm³/mol. The van der Waals surface area contributed by atoms with Crippen LogP contribution < -0.4 is 0 Å². The van der Waals surface area contributed by atoms with Gasteiger partial charge < -0.3 is 0 Å². The first-order valence-electron chi connectivity index (χ1n) is 4.34. The van der Waals surface area contributed by atoms with Crippen LogP contribution in [0.1, 0.15) is 17.9 Å². The van der Waals surface area contributed by atoms with Gasteiger partial charge >= 0.3 is 5.69 Å². The van der Waals surface area contributed by atoms with E-state index in [1.165, 1.54) is 0 Å². The van der Waals surface area contributed by atoms with Crippen molar-refractivity contribution >= 4 is 5.69 Å². The molecule has 0 amide bonds. The zero-order valence-electron chi connectivity index (χ0n) is 7.71. The molecule has 0 spiro atoms. The van der Waals surface area contributed by atoms with E-state index in [1.54, 1.807) is 0 Å². The maximum atomic E-state index is 13.2. The van der Waals surface area contributed by atoms with Gasteiger partial charge in [-0.1, -0.05) is 0 Å². The molecule has 0 aliphatic heterocycles. The molecule has 1 aromatic carbocycles. The molecule has 86 valence electrons. The number of hydrogen-bond donors (Lipinski definition) is 0. The van der Waals surface area contributed by atoms with E-state index < -0.39 is 46.1 Å². The number of rotatable bonds is 2. The average Bonchev–Trinajstić information content (AvgIpc) is 2.78. The zero-order valence-corrected chi connectivity index (χ0v) is 7.71. The van der Waals surface area contributed by atoms with Gasteiger partial charge in [0.1, 0.15) is 5.82 Å². The molecule has 1 aliphatic carbocycles. The predicted octanol–water partition coefficient (Wildman–Crippen LogP) is 3.00. The van der Waals surface area contributed by atoms with E-state index in [1.807, 2.05) is 0 Å². The number of hydrogen-bond acceptors (Lipinski definition) is 2. The van der Waals surface area contributed by atoms with Gasteiger partial charge in [-0.3, -0.25) is 10.1 Å². The molecule has 0 aromatic heterocycles. The minimum Gasteiger partial charge on any atom is -0.258 e. The first-order chi connectivity index (χ1) is 7.33. The summed E-state index contributed by atoms with van der Waals surface area (Å²) in [5.41, 5.74) is -1.56. The summed E-state index contributed by atoms with van der Waals surface area (Å²) in [4.78, 5) is 9.14. The van der Waals surface area contributed by atoms with Crippen molar-refractivity contribution in [1.29, 1.82) is 0 Å². The van der Waals surface area contributed by atoms with Crippen molar-refractivity contribution in [2.45, 2.75) is 18.3 Å². The lowest BCUT2D eigenvalue weighted by atomic mass is 10.1. The molecule has 1 atom stereocenters. The van der Waals surface area contributed by atoms with Crippen molar-refractivity contribution in [1.82, 2.24) is 0 Å². The van der Waals surface area contributed by atoms with Gasteiger partial charge in [0, 0.05) is 12.0 Å². The van der Waals surface area contributed by atoms with Crippen LogP contribution in [-0.4, -0.2) is 10.8 Å². The van der Waals surface area contributed by atoms with E-state index in [0.717, 1.165) is 0 Å². The Morgan fingerprint density at radius 3 is 2.31 bits per heavy atom. The molecule has 0 saturated heterocycles. The van der Waals surface area contributed by atoms with E-state index in [4.69, 9.17) is 0 Å². The molecule has 1 aromatic rings. The minimum absolute atomic E-state index is 0.332. The molecule has 0 bridgehead atoms. The maximum Gasteiger partial charge on any atom is 0.307 e. The highest BCUT2D eigenvalue weighted by Crippen LogP contribution is 2.56. The van der Waals surface area contributed by atoms with Gasteiger partial charge in [0.25, 0.3) is 5.92 Å². The lowest BCUT2D eigenvalue weighted by molar-refractivity contribution is -0.387. The molecular formula is C9H5F4NO2. The Hall–Kier alpha value is -1.66. The van der Waals surface area contributed by atoms with Gasteiger partial charge in [-0.25, -0.2) is 13.2 Å². The highest BCUT2D eigenvalue weighted by Gasteiger charge is 2.58. The SMILES string of the molecule is O=[N+]([O-])c1cc(F)c(C2CC2(F)F)cc1F. The van der Waals surface area contributed by atoms with Crippen LogP contribution in [0.25, 0.3) is 0 Å². The highest BCUT2D eigenvalue weighted by molar-refractivity contribution is 5.40. The molecule has 1 saturated carbocycles. The van der Waals surface area contributed by atoms with Crippen molar-refractivity contribution in [3.05, 3.63) is 39.4 Å². The smallest absolute Gasteiger partial charge is 0.258 e. The number of benzene rings is 1. The Morgan fingerprint density at radius 1 is 1.31 bits per heavy atom. The second-order valence-electron chi connectivity index (χ2n) is 3.60. The molecule has 3 nitrogen and oxygen atoms in total. The Bertz CT molecular complexity index is 475. The summed E-state index contributed by atoms with van der Waals surface area (Å²) in [6.45, 7) is 0. The molecule has 1 fully saturated rings. The van der Waals surface area contributed by atoms with Crippen LogP contribution in [0.15, 0.2) is 12.1 Å². The zero-order chi connectivity index (χ0) is 12.1. The summed E-state index contributed by atoms with van der Waals surface area (Å²) < 4.78 is 51.5. The maximum absolute atomic E-state index is 13.2. The first-order valence-corrected chi connectivity index (χ1v) is 4.34. The third-order valence-corrected chi connectivity index (χ3v) is 2.46. The second kappa shape index (κ2) is 3.16. The number of nitro groups is 1. The first kappa shape index (κ1) is 10.8. The van der Waals surface area contributed by atoms with Crippen molar-refractivity contribution in [3.8, 4) is 0 Å². The molecule has 0 N–H and O–H groups in total. The summed E-state index contributed by atoms with van der Waals surface area (Å²) in [5.74, 6) is -6.88. The molecular weight excluding hydrogens is 230 g/mol. The van der Waals surface area contributed by atoms with Crippen LogP contribution >= 0.6 is 0 Å². The lowest BCUT2D eigenvalue weighted by Crippen LogP contribution is -2.00. The number of halogens is 4. The molecule has 7 heteroatoms. The molecule has 0 heterocycles. The Balaban J connectivity index is 2.43. The molecule has 1 unspecified atom stereocenters. The fraction of sp³-hybridized carbons (Fsp3) is 0.333. The van der Waals surface area contributed by atoms with Gasteiger partial charge in [-0.05, 0) is 6.07 Å². The van der Waals surface area contributed by atoms with E-state index in [0.29, 0.717) is 12.1 Å². The van der Waals surface area contributed by atoms with Gasteiger partial charge in [-0.2, -0.15) is 4.39 Å². The Kier molecular flexibility index (Phi) is 2.14. The normalized spacial score (nSPS) is 21.9. The summed E-state index contributed by atoms with van der Waals surface area (Å²) in [5, 5.41) is 10.2. The van der Waals surface area contributed by atoms with Gasteiger partial charge in [0.05, 0.1) is 16.9 Å². The van der Waals surface area contributed by atoms with Gasteiger partial charge in [0.15, 0.2) is 0 Å². The molecule has 0 radical (unpaired) electrons. The van der Waals surface area contributed by atoms with Crippen molar-refractivity contribution < 1.29 is 22.5 Å². The van der Waals surface area contributed by atoms with E-state index in [9.17, 15) is 27.7 Å². The van der Waals surface area contributed by atoms with Gasteiger partial charge in [0.2, 0.25) is 5.82 Å². The quantitative estimate of drug-likeness (QED) is 0.449. The number of nitro benzene ring substituents is 1. The summed E-state index contributed by atoms with van der Waals surface area (Å²) >= 11 is 0.